The number of nitrogens with one attached hydrogen (secondary N) is 1. The molecule has 0 aromatic heterocycles. The first-order valence-electron chi connectivity index (χ1n) is 5.69. The van der Waals surface area contributed by atoms with Gasteiger partial charge in [-0.25, -0.2) is 0 Å². The van der Waals surface area contributed by atoms with E-state index in [-0.39, 0.29) is 0 Å². The normalized spacial score (nSPS) is 13.0. The Labute approximate surface area is 98.3 Å². The minimum atomic E-state index is 0.593. The summed E-state index contributed by atoms with van der Waals surface area (Å²) in [6.45, 7) is 7.51. The van der Waals surface area contributed by atoms with Gasteiger partial charge in [0, 0.05) is 19.7 Å². The topological polar surface area (TPSA) is 30.5 Å². The maximum Gasteiger partial charge on any atom is 0.0700 e. The van der Waals surface area contributed by atoms with Crippen molar-refractivity contribution in [1.82, 2.24) is 5.32 Å². The molecule has 92 valence electrons. The molecule has 0 fully saturated rings. The van der Waals surface area contributed by atoms with Crippen molar-refractivity contribution in [2.45, 2.75) is 26.3 Å². The molecule has 0 rings (SSSR count). The highest BCUT2D eigenvalue weighted by Gasteiger charge is 1.99. The van der Waals surface area contributed by atoms with Crippen LogP contribution in [0.1, 0.15) is 20.3 Å². The van der Waals surface area contributed by atoms with E-state index in [1.807, 2.05) is 11.8 Å². The van der Waals surface area contributed by atoms with Gasteiger partial charge < -0.3 is 14.8 Å². The van der Waals surface area contributed by atoms with Crippen LogP contribution in [0.2, 0.25) is 0 Å². The smallest absolute Gasteiger partial charge is 0.0700 e. The maximum atomic E-state index is 5.36. The van der Waals surface area contributed by atoms with E-state index >= 15 is 0 Å². The van der Waals surface area contributed by atoms with Crippen molar-refractivity contribution >= 4 is 11.8 Å². The van der Waals surface area contributed by atoms with Crippen LogP contribution in [0.25, 0.3) is 0 Å². The third-order valence-electron chi connectivity index (χ3n) is 2.07. The maximum absolute atomic E-state index is 5.36. The Morgan fingerprint density at radius 2 is 2.07 bits per heavy atom. The first-order chi connectivity index (χ1) is 7.31. The van der Waals surface area contributed by atoms with Crippen molar-refractivity contribution in [3.05, 3.63) is 0 Å². The van der Waals surface area contributed by atoms with Crippen molar-refractivity contribution in [2.24, 2.45) is 0 Å². The summed E-state index contributed by atoms with van der Waals surface area (Å²) in [5, 5.41) is 3.44. The lowest BCUT2D eigenvalue weighted by molar-refractivity contribution is 0.0712. The van der Waals surface area contributed by atoms with E-state index in [4.69, 9.17) is 9.47 Å². The van der Waals surface area contributed by atoms with Gasteiger partial charge in [0.15, 0.2) is 0 Å². The van der Waals surface area contributed by atoms with Gasteiger partial charge in [0.25, 0.3) is 0 Å². The molecular weight excluding hydrogens is 210 g/mol. The Morgan fingerprint density at radius 3 is 2.73 bits per heavy atom. The van der Waals surface area contributed by atoms with Crippen LogP contribution in [0.4, 0.5) is 0 Å². The minimum Gasteiger partial charge on any atom is -0.382 e. The van der Waals surface area contributed by atoms with Gasteiger partial charge in [-0.05, 0) is 24.9 Å². The minimum absolute atomic E-state index is 0.593. The monoisotopic (exact) mass is 235 g/mol. The van der Waals surface area contributed by atoms with E-state index in [1.54, 1.807) is 7.11 Å². The lowest BCUT2D eigenvalue weighted by atomic mass is 10.2. The fourth-order valence-corrected chi connectivity index (χ4v) is 1.94. The summed E-state index contributed by atoms with van der Waals surface area (Å²) in [5.74, 6) is 2.46. The number of thioether (sulfide) groups is 1. The summed E-state index contributed by atoms with van der Waals surface area (Å²) in [7, 11) is 1.69. The third-order valence-corrected chi connectivity index (χ3v) is 3.00. The van der Waals surface area contributed by atoms with Crippen LogP contribution < -0.4 is 5.32 Å². The molecule has 0 spiro atoms. The van der Waals surface area contributed by atoms with Crippen molar-refractivity contribution in [3.8, 4) is 0 Å². The fourth-order valence-electron chi connectivity index (χ4n) is 1.13. The second kappa shape index (κ2) is 12.3. The Morgan fingerprint density at radius 1 is 1.27 bits per heavy atom. The lowest BCUT2D eigenvalue weighted by Crippen LogP contribution is -2.30. The first-order valence-corrected chi connectivity index (χ1v) is 6.84. The number of hydrogen-bond donors (Lipinski definition) is 1. The van der Waals surface area contributed by atoms with Crippen LogP contribution in [0, 0.1) is 0 Å². The standard InChI is InChI=1S/C11H25NO2S/c1-4-15-10-5-11(2)12-6-7-14-9-8-13-3/h11-12H,4-10H2,1-3H3. The highest BCUT2D eigenvalue weighted by molar-refractivity contribution is 7.99. The molecule has 0 aliphatic carbocycles. The van der Waals surface area contributed by atoms with Gasteiger partial charge in [0.05, 0.1) is 19.8 Å². The second-order valence-corrected chi connectivity index (χ2v) is 4.84. The lowest BCUT2D eigenvalue weighted by Gasteiger charge is -2.13. The van der Waals surface area contributed by atoms with Crippen LogP contribution >= 0.6 is 11.8 Å². The quantitative estimate of drug-likeness (QED) is 0.553. The second-order valence-electron chi connectivity index (χ2n) is 3.45. The van der Waals surface area contributed by atoms with Crippen LogP contribution in [0.5, 0.6) is 0 Å². The van der Waals surface area contributed by atoms with E-state index < -0.39 is 0 Å². The summed E-state index contributed by atoms with van der Waals surface area (Å²) in [5.41, 5.74) is 0. The van der Waals surface area contributed by atoms with Gasteiger partial charge in [0.1, 0.15) is 0 Å². The van der Waals surface area contributed by atoms with E-state index in [2.05, 4.69) is 19.2 Å². The molecule has 1 atom stereocenters. The molecule has 15 heavy (non-hydrogen) atoms. The molecule has 0 heterocycles. The van der Waals surface area contributed by atoms with Gasteiger partial charge in [-0.3, -0.25) is 0 Å². The van der Waals surface area contributed by atoms with Gasteiger partial charge in [-0.1, -0.05) is 6.92 Å². The van der Waals surface area contributed by atoms with Gasteiger partial charge in [-0.15, -0.1) is 0 Å². The van der Waals surface area contributed by atoms with Crippen molar-refractivity contribution in [2.75, 3.05) is 45.0 Å². The Kier molecular flexibility index (Phi) is 12.5. The molecule has 0 bridgehead atoms. The average Bonchev–Trinajstić information content (AvgIpc) is 2.23. The zero-order valence-corrected chi connectivity index (χ0v) is 11.1. The number of methoxy groups -OCH3 is 1. The summed E-state index contributed by atoms with van der Waals surface area (Å²) in [6.07, 6.45) is 1.23. The molecule has 0 aromatic rings. The highest BCUT2D eigenvalue weighted by Crippen LogP contribution is 2.03. The molecule has 1 N–H and O–H groups in total. The summed E-state index contributed by atoms with van der Waals surface area (Å²) < 4.78 is 10.2. The van der Waals surface area contributed by atoms with Crippen LogP contribution in [-0.2, 0) is 9.47 Å². The molecule has 1 unspecified atom stereocenters. The Bertz CT molecular complexity index is 125. The largest absolute Gasteiger partial charge is 0.382 e. The predicted octanol–water partition coefficient (Wildman–Crippen LogP) is 1.77. The zero-order valence-electron chi connectivity index (χ0n) is 10.3. The zero-order chi connectivity index (χ0) is 11.4. The third kappa shape index (κ3) is 12.2. The summed E-state index contributed by atoms with van der Waals surface area (Å²) >= 11 is 2.00. The van der Waals surface area contributed by atoms with E-state index in [1.165, 1.54) is 17.9 Å². The highest BCUT2D eigenvalue weighted by atomic mass is 32.2. The molecule has 0 aliphatic heterocycles. The summed E-state index contributed by atoms with van der Waals surface area (Å²) in [4.78, 5) is 0. The molecule has 0 radical (unpaired) electrons. The van der Waals surface area contributed by atoms with Crippen molar-refractivity contribution in [1.29, 1.82) is 0 Å². The molecule has 3 nitrogen and oxygen atoms in total. The SMILES string of the molecule is CCSCCC(C)NCCOCCOC. The van der Waals surface area contributed by atoms with Gasteiger partial charge in [0.2, 0.25) is 0 Å². The molecule has 0 aliphatic rings. The van der Waals surface area contributed by atoms with Crippen molar-refractivity contribution < 1.29 is 9.47 Å². The van der Waals surface area contributed by atoms with Crippen LogP contribution in [0.15, 0.2) is 0 Å². The molecule has 0 saturated carbocycles. The first kappa shape index (κ1) is 15.2. The fraction of sp³-hybridized carbons (Fsp3) is 1.00. The average molecular weight is 235 g/mol. The Balaban J connectivity index is 3.06. The van der Waals surface area contributed by atoms with Crippen molar-refractivity contribution in [3.63, 3.8) is 0 Å². The molecule has 0 saturated heterocycles. The summed E-state index contributed by atoms with van der Waals surface area (Å²) in [6, 6.07) is 0.593. The number of rotatable bonds is 11. The van der Waals surface area contributed by atoms with Crippen LogP contribution in [0.3, 0.4) is 0 Å². The Hall–Kier alpha value is 0.230. The molecule has 0 amide bonds. The van der Waals surface area contributed by atoms with E-state index in [0.29, 0.717) is 19.3 Å². The van der Waals surface area contributed by atoms with Crippen LogP contribution in [-0.4, -0.2) is 51.0 Å². The number of ether oxygens (including phenoxy) is 2. The predicted molar refractivity (Wildman–Crippen MR) is 67.8 cm³/mol. The number of hydrogen-bond acceptors (Lipinski definition) is 4. The van der Waals surface area contributed by atoms with E-state index in [0.717, 1.165) is 13.2 Å². The molecular formula is C11H25NO2S. The molecule has 0 aromatic carbocycles. The van der Waals surface area contributed by atoms with Gasteiger partial charge in [-0.2, -0.15) is 11.8 Å². The molecule has 4 heteroatoms. The van der Waals surface area contributed by atoms with E-state index in [9.17, 15) is 0 Å². The van der Waals surface area contributed by atoms with Gasteiger partial charge >= 0.3 is 0 Å².